The van der Waals surface area contributed by atoms with E-state index < -0.39 is 6.10 Å². The van der Waals surface area contributed by atoms with Crippen molar-refractivity contribution in [2.24, 2.45) is 5.92 Å². The summed E-state index contributed by atoms with van der Waals surface area (Å²) < 4.78 is 25.5. The van der Waals surface area contributed by atoms with Crippen LogP contribution in [0.3, 0.4) is 0 Å². The SMILES string of the molecule is CCOC(=O)CCc1ccccc1[C@H](OC[C@H](O)CN1CCC[C@H]1Cc1ccc(C)c(F)c1)C1CC1. The summed E-state index contributed by atoms with van der Waals surface area (Å²) >= 11 is 0. The number of carbonyl (C=O) groups excluding carboxylic acids is 1. The number of ether oxygens (including phenoxy) is 2. The summed E-state index contributed by atoms with van der Waals surface area (Å²) in [5.74, 6) is 0.121. The number of carbonyl (C=O) groups is 1. The zero-order valence-electron chi connectivity index (χ0n) is 21.6. The summed E-state index contributed by atoms with van der Waals surface area (Å²) in [5, 5.41) is 10.9. The van der Waals surface area contributed by atoms with E-state index in [0.29, 0.717) is 43.5 Å². The molecule has 2 fully saturated rings. The molecule has 1 saturated carbocycles. The minimum atomic E-state index is -0.590. The molecule has 3 atom stereocenters. The number of aliphatic hydroxyl groups excluding tert-OH is 1. The minimum Gasteiger partial charge on any atom is -0.466 e. The molecule has 0 bridgehead atoms. The summed E-state index contributed by atoms with van der Waals surface area (Å²) in [6.07, 6.45) is 5.50. The summed E-state index contributed by atoms with van der Waals surface area (Å²) in [7, 11) is 0. The van der Waals surface area contributed by atoms with Gasteiger partial charge in [0.2, 0.25) is 0 Å². The van der Waals surface area contributed by atoms with E-state index in [1.807, 2.05) is 31.2 Å². The Labute approximate surface area is 214 Å². The Morgan fingerprint density at radius 3 is 2.75 bits per heavy atom. The van der Waals surface area contributed by atoms with Crippen LogP contribution in [0.4, 0.5) is 4.39 Å². The van der Waals surface area contributed by atoms with Gasteiger partial charge in [0.25, 0.3) is 0 Å². The second kappa shape index (κ2) is 12.8. The normalized spacial score (nSPS) is 19.8. The average molecular weight is 498 g/mol. The first-order chi connectivity index (χ1) is 17.4. The van der Waals surface area contributed by atoms with Gasteiger partial charge in [-0.3, -0.25) is 9.69 Å². The van der Waals surface area contributed by atoms with Crippen LogP contribution < -0.4 is 0 Å². The lowest BCUT2D eigenvalue weighted by Crippen LogP contribution is -2.39. The third-order valence-corrected chi connectivity index (χ3v) is 7.44. The summed E-state index contributed by atoms with van der Waals surface area (Å²) in [6.45, 7) is 5.77. The Morgan fingerprint density at radius 2 is 2.00 bits per heavy atom. The number of benzene rings is 2. The largest absolute Gasteiger partial charge is 0.466 e. The topological polar surface area (TPSA) is 59.0 Å². The van der Waals surface area contributed by atoms with Gasteiger partial charge in [-0.05, 0) is 93.2 Å². The molecule has 1 saturated heterocycles. The van der Waals surface area contributed by atoms with Crippen LogP contribution in [-0.2, 0) is 27.1 Å². The van der Waals surface area contributed by atoms with Crippen molar-refractivity contribution in [3.8, 4) is 0 Å². The van der Waals surface area contributed by atoms with Crippen molar-refractivity contribution in [1.82, 2.24) is 4.90 Å². The van der Waals surface area contributed by atoms with Crippen molar-refractivity contribution < 1.29 is 23.8 Å². The number of hydrogen-bond donors (Lipinski definition) is 1. The summed E-state index contributed by atoms with van der Waals surface area (Å²) in [4.78, 5) is 14.2. The second-order valence-electron chi connectivity index (χ2n) is 10.3. The van der Waals surface area contributed by atoms with Crippen molar-refractivity contribution in [2.75, 3.05) is 26.3 Å². The summed E-state index contributed by atoms with van der Waals surface area (Å²) in [6, 6.07) is 14.0. The number of nitrogens with zero attached hydrogens (tertiary/aromatic N) is 1. The zero-order chi connectivity index (χ0) is 25.5. The maximum absolute atomic E-state index is 14.0. The molecule has 0 spiro atoms. The third kappa shape index (κ3) is 7.37. The molecule has 0 aromatic heterocycles. The number of halogens is 1. The fraction of sp³-hybridized carbons (Fsp3) is 0.567. The number of aliphatic hydroxyl groups is 1. The Balaban J connectivity index is 1.33. The van der Waals surface area contributed by atoms with Gasteiger partial charge in [0.1, 0.15) is 5.82 Å². The van der Waals surface area contributed by atoms with E-state index in [-0.39, 0.29) is 24.5 Å². The van der Waals surface area contributed by atoms with E-state index in [1.165, 1.54) is 0 Å². The predicted molar refractivity (Wildman–Crippen MR) is 138 cm³/mol. The van der Waals surface area contributed by atoms with Crippen LogP contribution in [0, 0.1) is 18.7 Å². The van der Waals surface area contributed by atoms with Crippen LogP contribution in [0.5, 0.6) is 0 Å². The molecule has 2 aromatic carbocycles. The van der Waals surface area contributed by atoms with E-state index in [2.05, 4.69) is 17.0 Å². The quantitative estimate of drug-likeness (QED) is 0.387. The first-order valence-electron chi connectivity index (χ1n) is 13.5. The predicted octanol–water partition coefficient (Wildman–Crippen LogP) is 5.17. The zero-order valence-corrected chi connectivity index (χ0v) is 21.6. The van der Waals surface area contributed by atoms with Gasteiger partial charge in [0.05, 0.1) is 25.4 Å². The van der Waals surface area contributed by atoms with Gasteiger partial charge in [-0.15, -0.1) is 0 Å². The van der Waals surface area contributed by atoms with Crippen molar-refractivity contribution in [2.45, 2.75) is 77.0 Å². The first-order valence-corrected chi connectivity index (χ1v) is 13.5. The average Bonchev–Trinajstić information content (AvgIpc) is 3.61. The standard InChI is InChI=1S/C30H40FNO4/c1-3-35-29(34)15-14-23-7-4-5-9-27(23)30(24-12-13-24)36-20-26(33)19-32-16-6-8-25(32)17-22-11-10-21(2)28(31)18-22/h4-5,7,9-11,18,24-26,30,33H,3,6,8,12-17,19-20H2,1-2H3/t25-,26+,30+/m0/s1. The van der Waals surface area contributed by atoms with Crippen LogP contribution in [0.15, 0.2) is 42.5 Å². The van der Waals surface area contributed by atoms with Crippen LogP contribution in [-0.4, -0.2) is 54.4 Å². The van der Waals surface area contributed by atoms with Crippen molar-refractivity contribution in [1.29, 1.82) is 0 Å². The lowest BCUT2D eigenvalue weighted by molar-refractivity contribution is -0.143. The molecule has 6 heteroatoms. The number of rotatable bonds is 13. The smallest absolute Gasteiger partial charge is 0.306 e. The van der Waals surface area contributed by atoms with Crippen molar-refractivity contribution in [3.05, 3.63) is 70.5 Å². The number of aryl methyl sites for hydroxylation is 2. The van der Waals surface area contributed by atoms with Gasteiger partial charge >= 0.3 is 5.97 Å². The van der Waals surface area contributed by atoms with Gasteiger partial charge in [-0.1, -0.05) is 36.4 Å². The highest BCUT2D eigenvalue weighted by molar-refractivity contribution is 5.69. The van der Waals surface area contributed by atoms with Crippen LogP contribution in [0.25, 0.3) is 0 Å². The Bertz CT molecular complexity index is 1010. The Hall–Kier alpha value is -2.28. The minimum absolute atomic E-state index is 0.0667. The van der Waals surface area contributed by atoms with E-state index in [0.717, 1.165) is 55.3 Å². The maximum atomic E-state index is 14.0. The van der Waals surface area contributed by atoms with Gasteiger partial charge < -0.3 is 14.6 Å². The number of esters is 1. The molecule has 1 aliphatic heterocycles. The fourth-order valence-electron chi connectivity index (χ4n) is 5.33. The molecular weight excluding hydrogens is 457 g/mol. The van der Waals surface area contributed by atoms with E-state index in [4.69, 9.17) is 9.47 Å². The number of likely N-dealkylation sites (tertiary alicyclic amines) is 1. The molecule has 5 nitrogen and oxygen atoms in total. The van der Waals surface area contributed by atoms with Crippen molar-refractivity contribution >= 4 is 5.97 Å². The Kier molecular flexibility index (Phi) is 9.52. The molecular formula is C30H40FNO4. The Morgan fingerprint density at radius 1 is 1.19 bits per heavy atom. The van der Waals surface area contributed by atoms with Crippen LogP contribution in [0.1, 0.15) is 67.4 Å². The highest BCUT2D eigenvalue weighted by atomic mass is 19.1. The molecule has 1 aliphatic carbocycles. The molecule has 4 rings (SSSR count). The lowest BCUT2D eigenvalue weighted by Gasteiger charge is -2.28. The van der Waals surface area contributed by atoms with Crippen LogP contribution in [0.2, 0.25) is 0 Å². The van der Waals surface area contributed by atoms with E-state index in [1.54, 1.807) is 13.0 Å². The van der Waals surface area contributed by atoms with Gasteiger partial charge in [-0.25, -0.2) is 4.39 Å². The van der Waals surface area contributed by atoms with E-state index >= 15 is 0 Å². The summed E-state index contributed by atoms with van der Waals surface area (Å²) in [5.41, 5.74) is 3.91. The molecule has 1 heterocycles. The lowest BCUT2D eigenvalue weighted by atomic mass is 9.96. The van der Waals surface area contributed by atoms with E-state index in [9.17, 15) is 14.3 Å². The molecule has 1 N–H and O–H groups in total. The molecule has 0 amide bonds. The monoisotopic (exact) mass is 497 g/mol. The molecule has 0 unspecified atom stereocenters. The molecule has 2 aliphatic rings. The van der Waals surface area contributed by atoms with Crippen LogP contribution >= 0.6 is 0 Å². The highest BCUT2D eigenvalue weighted by Gasteiger charge is 2.35. The molecule has 2 aromatic rings. The fourth-order valence-corrected chi connectivity index (χ4v) is 5.33. The molecule has 0 radical (unpaired) electrons. The maximum Gasteiger partial charge on any atom is 0.306 e. The number of β-amino-alcohol motifs (C(OH)–C–C–N with tert-alkyl or cyclic N) is 1. The second-order valence-corrected chi connectivity index (χ2v) is 10.3. The van der Waals surface area contributed by atoms with Gasteiger partial charge in [0.15, 0.2) is 0 Å². The number of hydrogen-bond acceptors (Lipinski definition) is 5. The van der Waals surface area contributed by atoms with Crippen molar-refractivity contribution in [3.63, 3.8) is 0 Å². The molecule has 196 valence electrons. The third-order valence-electron chi connectivity index (χ3n) is 7.44. The molecule has 36 heavy (non-hydrogen) atoms. The van der Waals surface area contributed by atoms with Gasteiger partial charge in [-0.2, -0.15) is 0 Å². The van der Waals surface area contributed by atoms with Gasteiger partial charge in [0, 0.05) is 19.0 Å². The first kappa shape index (κ1) is 26.8. The highest BCUT2D eigenvalue weighted by Crippen LogP contribution is 2.44.